The first-order valence-corrected chi connectivity index (χ1v) is 11.9. The minimum absolute atomic E-state index is 0.0264. The van der Waals surface area contributed by atoms with E-state index in [2.05, 4.69) is 17.5 Å². The Hall–Kier alpha value is -4.46. The zero-order chi connectivity index (χ0) is 25.1. The van der Waals surface area contributed by atoms with Crippen molar-refractivity contribution < 1.29 is 14.9 Å². The van der Waals surface area contributed by atoms with Gasteiger partial charge in [-0.3, -0.25) is 4.57 Å². The number of fused-ring (bicyclic) bond motifs is 6. The Morgan fingerprint density at radius 1 is 0.917 bits per heavy atom. The van der Waals surface area contributed by atoms with Crippen LogP contribution in [0.25, 0.3) is 16.5 Å². The number of hydrogen-bond donors (Lipinski definition) is 3. The molecule has 2 atom stereocenters. The summed E-state index contributed by atoms with van der Waals surface area (Å²) in [4.78, 5) is 0. The van der Waals surface area contributed by atoms with Gasteiger partial charge in [0.1, 0.15) is 5.60 Å². The number of benzene rings is 3. The summed E-state index contributed by atoms with van der Waals surface area (Å²) >= 11 is 0. The fourth-order valence-electron chi connectivity index (χ4n) is 5.98. The van der Waals surface area contributed by atoms with Gasteiger partial charge in [-0.05, 0) is 62.6 Å². The summed E-state index contributed by atoms with van der Waals surface area (Å²) in [6.45, 7) is 2.56. The second kappa shape index (κ2) is 7.78. The molecule has 36 heavy (non-hydrogen) atoms. The molecule has 6 rings (SSSR count). The van der Waals surface area contributed by atoms with Gasteiger partial charge in [0.2, 0.25) is 11.8 Å². The van der Waals surface area contributed by atoms with Crippen LogP contribution < -0.4 is 5.32 Å². The largest absolute Gasteiger partial charge is 0.494 e. The molecule has 0 unspecified atom stereocenters. The van der Waals surface area contributed by atoms with Gasteiger partial charge in [0.25, 0.3) is 0 Å². The molecule has 1 aromatic heterocycles. The number of rotatable bonds is 5. The topological polar surface area (TPSA) is 114 Å². The van der Waals surface area contributed by atoms with Crippen LogP contribution in [0.4, 0.5) is 5.69 Å². The van der Waals surface area contributed by atoms with Crippen LogP contribution in [0, 0.1) is 22.7 Å². The highest BCUT2D eigenvalue weighted by Crippen LogP contribution is 2.65. The molecule has 0 amide bonds. The number of nitrogens with one attached hydrogen (secondary N) is 1. The maximum absolute atomic E-state index is 11.6. The highest BCUT2D eigenvalue weighted by Gasteiger charge is 2.61. The van der Waals surface area contributed by atoms with Crippen molar-refractivity contribution in [3.05, 3.63) is 82.9 Å². The van der Waals surface area contributed by atoms with Gasteiger partial charge in [-0.25, -0.2) is 0 Å². The van der Waals surface area contributed by atoms with Crippen molar-refractivity contribution in [2.45, 2.75) is 37.4 Å². The fraction of sp³-hybridized carbons (Fsp3) is 0.241. The Morgan fingerprint density at radius 2 is 1.64 bits per heavy atom. The van der Waals surface area contributed by atoms with E-state index in [1.54, 1.807) is 24.3 Å². The van der Waals surface area contributed by atoms with Crippen molar-refractivity contribution in [1.82, 2.24) is 4.57 Å². The summed E-state index contributed by atoms with van der Waals surface area (Å²) in [5, 5.41) is 46.5. The average molecular weight is 477 g/mol. The second-order valence-electron chi connectivity index (χ2n) is 9.72. The van der Waals surface area contributed by atoms with Gasteiger partial charge in [-0.2, -0.15) is 10.5 Å². The molecule has 1 fully saturated rings. The lowest BCUT2D eigenvalue weighted by atomic mass is 9.78. The number of aromatic nitrogens is 1. The lowest BCUT2D eigenvalue weighted by Crippen LogP contribution is -2.26. The predicted octanol–water partition coefficient (Wildman–Crippen LogP) is 5.52. The van der Waals surface area contributed by atoms with Gasteiger partial charge in [-0.1, -0.05) is 24.3 Å². The third-order valence-electron chi connectivity index (χ3n) is 7.67. The Kier molecular flexibility index (Phi) is 4.76. The summed E-state index contributed by atoms with van der Waals surface area (Å²) in [6.07, 6.45) is 2.07. The van der Waals surface area contributed by atoms with Gasteiger partial charge in [-0.15, -0.1) is 0 Å². The summed E-state index contributed by atoms with van der Waals surface area (Å²) in [5.41, 5.74) is 2.51. The minimum Gasteiger partial charge on any atom is -0.494 e. The molecule has 0 aliphatic carbocycles. The van der Waals surface area contributed by atoms with E-state index in [1.165, 1.54) is 4.57 Å². The molecule has 7 nitrogen and oxygen atoms in total. The molecular weight excluding hydrogens is 452 g/mol. The van der Waals surface area contributed by atoms with E-state index in [9.17, 15) is 15.5 Å². The van der Waals surface area contributed by atoms with Crippen molar-refractivity contribution in [1.29, 1.82) is 10.5 Å². The Balaban J connectivity index is 1.40. The van der Waals surface area contributed by atoms with E-state index in [1.807, 2.05) is 43.3 Å². The van der Waals surface area contributed by atoms with Gasteiger partial charge < -0.3 is 20.3 Å². The molecule has 2 aliphatic rings. The van der Waals surface area contributed by atoms with E-state index in [0.29, 0.717) is 40.9 Å². The molecule has 0 spiro atoms. The zero-order valence-corrected chi connectivity index (χ0v) is 19.7. The minimum atomic E-state index is -0.723. The van der Waals surface area contributed by atoms with Gasteiger partial charge in [0, 0.05) is 23.0 Å². The first-order chi connectivity index (χ1) is 17.4. The molecule has 1 saturated heterocycles. The lowest BCUT2D eigenvalue weighted by molar-refractivity contribution is -0.0815. The van der Waals surface area contributed by atoms with Crippen LogP contribution in [0.1, 0.15) is 48.4 Å². The van der Waals surface area contributed by atoms with E-state index < -0.39 is 11.2 Å². The molecule has 7 heteroatoms. The third kappa shape index (κ3) is 3.00. The van der Waals surface area contributed by atoms with E-state index in [0.717, 1.165) is 29.3 Å². The number of aromatic hydroxyl groups is 2. The van der Waals surface area contributed by atoms with Crippen LogP contribution in [0.5, 0.6) is 11.8 Å². The smallest absolute Gasteiger partial charge is 0.205 e. The Bertz CT molecular complexity index is 1610. The average Bonchev–Trinajstić information content (AvgIpc) is 3.48. The molecule has 2 bridgehead atoms. The monoisotopic (exact) mass is 476 g/mol. The van der Waals surface area contributed by atoms with Gasteiger partial charge in [0.05, 0.1) is 45.7 Å². The molecule has 178 valence electrons. The van der Waals surface area contributed by atoms with Crippen LogP contribution in [-0.2, 0) is 15.9 Å². The van der Waals surface area contributed by atoms with Crippen LogP contribution in [-0.4, -0.2) is 21.3 Å². The van der Waals surface area contributed by atoms with Crippen LogP contribution in [0.3, 0.4) is 0 Å². The molecule has 3 N–H and O–H groups in total. The number of nitriles is 2. The lowest BCUT2D eigenvalue weighted by Gasteiger charge is -2.26. The summed E-state index contributed by atoms with van der Waals surface area (Å²) in [5.74, 6) is -0.0550. The van der Waals surface area contributed by atoms with Crippen LogP contribution in [0.15, 0.2) is 60.7 Å². The number of anilines is 1. The number of hydrogen-bond acceptors (Lipinski definition) is 6. The van der Waals surface area contributed by atoms with Gasteiger partial charge in [0.15, 0.2) is 0 Å². The highest BCUT2D eigenvalue weighted by molar-refractivity contribution is 5.95. The SMILES string of the molecule is C[C@]12CC[C@](CCNc3ccc(C#N)cc3)(O1)c1c2c(O)n(-c2ccc(C#N)c3ccccc23)c1O. The predicted molar refractivity (Wildman–Crippen MR) is 135 cm³/mol. The van der Waals surface area contributed by atoms with Crippen molar-refractivity contribution >= 4 is 16.5 Å². The first kappa shape index (κ1) is 22.0. The quantitative estimate of drug-likeness (QED) is 0.349. The summed E-state index contributed by atoms with van der Waals surface area (Å²) in [7, 11) is 0. The van der Waals surface area contributed by atoms with E-state index in [4.69, 9.17) is 10.00 Å². The maximum atomic E-state index is 11.6. The highest BCUT2D eigenvalue weighted by atomic mass is 16.5. The van der Waals surface area contributed by atoms with Gasteiger partial charge >= 0.3 is 0 Å². The molecule has 3 heterocycles. The molecule has 0 saturated carbocycles. The normalized spacial score (nSPS) is 21.8. The molecular formula is C29H24N4O3. The Morgan fingerprint density at radius 3 is 2.36 bits per heavy atom. The molecule has 4 aromatic rings. The van der Waals surface area contributed by atoms with E-state index >= 15 is 0 Å². The van der Waals surface area contributed by atoms with E-state index in [-0.39, 0.29) is 11.8 Å². The standard InChI is InChI=1S/C29H24N4O3/c1-28-12-13-29(36-28,14-15-32-20-9-6-18(16-30)7-10-20)25-24(28)26(34)33(27(25)35)23-11-8-19(17-31)21-4-2-3-5-22(21)23/h2-11,32,34-35H,12-15H2,1H3/t28-,29-/m1/s1. The maximum Gasteiger partial charge on any atom is 0.205 e. The summed E-state index contributed by atoms with van der Waals surface area (Å²) in [6, 6.07) is 22.6. The van der Waals surface area contributed by atoms with Crippen molar-refractivity contribution in [3.63, 3.8) is 0 Å². The fourth-order valence-corrected chi connectivity index (χ4v) is 5.98. The first-order valence-electron chi connectivity index (χ1n) is 11.9. The third-order valence-corrected chi connectivity index (χ3v) is 7.67. The Labute approximate surface area is 208 Å². The van der Waals surface area contributed by atoms with Crippen molar-refractivity contribution in [3.8, 4) is 29.6 Å². The van der Waals surface area contributed by atoms with Crippen molar-refractivity contribution in [2.75, 3.05) is 11.9 Å². The molecule has 2 aliphatic heterocycles. The summed E-state index contributed by atoms with van der Waals surface area (Å²) < 4.78 is 8.04. The second-order valence-corrected chi connectivity index (χ2v) is 9.72. The number of nitrogens with zero attached hydrogens (tertiary/aromatic N) is 3. The number of ether oxygens (including phenoxy) is 1. The van der Waals surface area contributed by atoms with Crippen LogP contribution >= 0.6 is 0 Å². The molecule has 0 radical (unpaired) electrons. The van der Waals surface area contributed by atoms with Crippen molar-refractivity contribution in [2.24, 2.45) is 0 Å². The van der Waals surface area contributed by atoms with Crippen LogP contribution in [0.2, 0.25) is 0 Å². The molecule has 3 aromatic carbocycles. The zero-order valence-electron chi connectivity index (χ0n) is 19.7.